The van der Waals surface area contributed by atoms with Crippen molar-refractivity contribution in [3.63, 3.8) is 0 Å². The predicted molar refractivity (Wildman–Crippen MR) is 91.1 cm³/mol. The number of hydrogen-bond acceptors (Lipinski definition) is 5. The van der Waals surface area contributed by atoms with Gasteiger partial charge < -0.3 is 4.90 Å². The van der Waals surface area contributed by atoms with Gasteiger partial charge in [0.15, 0.2) is 0 Å². The minimum Gasteiger partial charge on any atom is -0.354 e. The summed E-state index contributed by atoms with van der Waals surface area (Å²) in [6.07, 6.45) is 1.53. The Hall–Kier alpha value is -2.43. The van der Waals surface area contributed by atoms with Crippen LogP contribution in [0.2, 0.25) is 0 Å². The summed E-state index contributed by atoms with van der Waals surface area (Å²) in [5.74, 6) is 0.765. The van der Waals surface area contributed by atoms with Crippen LogP contribution in [0.4, 0.5) is 5.82 Å². The Bertz CT molecular complexity index is 847. The van der Waals surface area contributed by atoms with Crippen molar-refractivity contribution >= 4 is 15.8 Å². The van der Waals surface area contributed by atoms with Crippen LogP contribution < -0.4 is 4.90 Å². The number of aryl methyl sites for hydroxylation is 1. The van der Waals surface area contributed by atoms with Gasteiger partial charge in [0.1, 0.15) is 11.9 Å². The number of aromatic nitrogens is 1. The van der Waals surface area contributed by atoms with Gasteiger partial charge in [0.2, 0.25) is 10.0 Å². The molecule has 0 atom stereocenters. The van der Waals surface area contributed by atoms with Crippen LogP contribution in [0.1, 0.15) is 11.1 Å². The highest BCUT2D eigenvalue weighted by Crippen LogP contribution is 2.20. The molecule has 124 valence electrons. The second-order valence-corrected chi connectivity index (χ2v) is 7.66. The van der Waals surface area contributed by atoms with E-state index in [2.05, 4.69) is 4.98 Å². The van der Waals surface area contributed by atoms with Crippen molar-refractivity contribution in [3.8, 4) is 6.07 Å². The second kappa shape index (κ2) is 6.59. The van der Waals surface area contributed by atoms with E-state index >= 15 is 0 Å². The van der Waals surface area contributed by atoms with Gasteiger partial charge in [-0.1, -0.05) is 17.7 Å². The molecule has 0 unspecified atom stereocenters. The predicted octanol–water partition coefficient (Wildman–Crippen LogP) is 1.77. The van der Waals surface area contributed by atoms with Gasteiger partial charge in [0.05, 0.1) is 10.5 Å². The number of piperazine rings is 1. The molecule has 7 heteroatoms. The van der Waals surface area contributed by atoms with E-state index in [1.165, 1.54) is 10.5 Å². The first-order chi connectivity index (χ1) is 11.5. The molecule has 2 heterocycles. The molecule has 24 heavy (non-hydrogen) atoms. The standard InChI is InChI=1S/C17H18N4O2S/c1-14-2-5-16(6-3-14)24(22,23)21-10-8-20(9-11-21)17-7-4-15(12-18)13-19-17/h2-7,13H,8-11H2,1H3. The van der Waals surface area contributed by atoms with Crippen LogP contribution >= 0.6 is 0 Å². The first kappa shape index (κ1) is 16.4. The SMILES string of the molecule is Cc1ccc(S(=O)(=O)N2CCN(c3ccc(C#N)cn3)CC2)cc1. The van der Waals surface area contributed by atoms with Crippen LogP contribution in [-0.4, -0.2) is 43.9 Å². The minimum atomic E-state index is -3.45. The normalized spacial score (nSPS) is 15.9. The Kier molecular flexibility index (Phi) is 4.51. The summed E-state index contributed by atoms with van der Waals surface area (Å²) in [5.41, 5.74) is 1.55. The van der Waals surface area contributed by atoms with Crippen molar-refractivity contribution < 1.29 is 8.42 Å². The van der Waals surface area contributed by atoms with Gasteiger partial charge in [-0.15, -0.1) is 0 Å². The lowest BCUT2D eigenvalue weighted by atomic mass is 10.2. The summed E-state index contributed by atoms with van der Waals surface area (Å²) in [6.45, 7) is 3.91. The summed E-state index contributed by atoms with van der Waals surface area (Å²) < 4.78 is 26.9. The van der Waals surface area contributed by atoms with Crippen molar-refractivity contribution in [2.45, 2.75) is 11.8 Å². The summed E-state index contributed by atoms with van der Waals surface area (Å²) in [5, 5.41) is 8.81. The number of hydrogen-bond donors (Lipinski definition) is 0. The summed E-state index contributed by atoms with van der Waals surface area (Å²) in [7, 11) is -3.45. The lowest BCUT2D eigenvalue weighted by Crippen LogP contribution is -2.48. The highest BCUT2D eigenvalue weighted by molar-refractivity contribution is 7.89. The number of pyridine rings is 1. The van der Waals surface area contributed by atoms with Crippen LogP contribution in [0.3, 0.4) is 0 Å². The van der Waals surface area contributed by atoms with Gasteiger partial charge in [-0.05, 0) is 31.2 Å². The molecule has 0 N–H and O–H groups in total. The van der Waals surface area contributed by atoms with E-state index in [1.54, 1.807) is 24.3 Å². The van der Waals surface area contributed by atoms with Crippen LogP contribution in [0.15, 0.2) is 47.5 Å². The van der Waals surface area contributed by atoms with E-state index in [0.717, 1.165) is 11.4 Å². The molecule has 0 aliphatic carbocycles. The maximum absolute atomic E-state index is 12.7. The lowest BCUT2D eigenvalue weighted by molar-refractivity contribution is 0.384. The van der Waals surface area contributed by atoms with E-state index < -0.39 is 10.0 Å². The topological polar surface area (TPSA) is 77.3 Å². The third kappa shape index (κ3) is 3.25. The fraction of sp³-hybridized carbons (Fsp3) is 0.294. The number of rotatable bonds is 3. The molecule has 1 aromatic heterocycles. The molecule has 0 spiro atoms. The zero-order valence-electron chi connectivity index (χ0n) is 13.4. The molecule has 1 fully saturated rings. The summed E-state index contributed by atoms with van der Waals surface area (Å²) in [6, 6.07) is 12.5. The second-order valence-electron chi connectivity index (χ2n) is 5.72. The van der Waals surface area contributed by atoms with Crippen LogP contribution in [0, 0.1) is 18.3 Å². The number of nitriles is 1. The minimum absolute atomic E-state index is 0.332. The lowest BCUT2D eigenvalue weighted by Gasteiger charge is -2.34. The van der Waals surface area contributed by atoms with Crippen LogP contribution in [0.25, 0.3) is 0 Å². The van der Waals surface area contributed by atoms with Crippen molar-refractivity contribution in [1.82, 2.24) is 9.29 Å². The van der Waals surface area contributed by atoms with Gasteiger partial charge >= 0.3 is 0 Å². The van der Waals surface area contributed by atoms with Crippen molar-refractivity contribution in [3.05, 3.63) is 53.7 Å². The zero-order valence-corrected chi connectivity index (χ0v) is 14.2. The van der Waals surface area contributed by atoms with E-state index in [4.69, 9.17) is 5.26 Å². The summed E-state index contributed by atoms with van der Waals surface area (Å²) in [4.78, 5) is 6.63. The maximum Gasteiger partial charge on any atom is 0.243 e. The highest BCUT2D eigenvalue weighted by Gasteiger charge is 2.28. The first-order valence-electron chi connectivity index (χ1n) is 7.68. The fourth-order valence-electron chi connectivity index (χ4n) is 2.66. The van der Waals surface area contributed by atoms with E-state index in [0.29, 0.717) is 36.6 Å². The molecule has 6 nitrogen and oxygen atoms in total. The Labute approximate surface area is 142 Å². The Morgan fingerprint density at radius 1 is 1.04 bits per heavy atom. The maximum atomic E-state index is 12.7. The van der Waals surface area contributed by atoms with Gasteiger partial charge in [-0.3, -0.25) is 0 Å². The van der Waals surface area contributed by atoms with E-state index in [1.807, 2.05) is 30.0 Å². The monoisotopic (exact) mass is 342 g/mol. The molecule has 1 aliphatic heterocycles. The average Bonchev–Trinajstić information content (AvgIpc) is 2.62. The van der Waals surface area contributed by atoms with Crippen LogP contribution in [0.5, 0.6) is 0 Å². The molecule has 1 aliphatic rings. The highest BCUT2D eigenvalue weighted by atomic mass is 32.2. The molecule has 1 saturated heterocycles. The van der Waals surface area contributed by atoms with E-state index in [9.17, 15) is 8.42 Å². The largest absolute Gasteiger partial charge is 0.354 e. The molecule has 0 saturated carbocycles. The number of anilines is 1. The third-order valence-corrected chi connectivity index (χ3v) is 6.01. The van der Waals surface area contributed by atoms with Gasteiger partial charge in [0.25, 0.3) is 0 Å². The quantitative estimate of drug-likeness (QED) is 0.849. The number of nitrogens with zero attached hydrogens (tertiary/aromatic N) is 4. The Morgan fingerprint density at radius 3 is 2.25 bits per heavy atom. The molecule has 0 bridgehead atoms. The molecule has 0 radical (unpaired) electrons. The van der Waals surface area contributed by atoms with Gasteiger partial charge in [-0.25, -0.2) is 13.4 Å². The van der Waals surface area contributed by atoms with Gasteiger partial charge in [-0.2, -0.15) is 9.57 Å². The van der Waals surface area contributed by atoms with Crippen molar-refractivity contribution in [1.29, 1.82) is 5.26 Å². The molecule has 3 rings (SSSR count). The van der Waals surface area contributed by atoms with Crippen molar-refractivity contribution in [2.75, 3.05) is 31.1 Å². The number of benzene rings is 1. The summed E-state index contributed by atoms with van der Waals surface area (Å²) >= 11 is 0. The smallest absolute Gasteiger partial charge is 0.243 e. The number of sulfonamides is 1. The fourth-order valence-corrected chi connectivity index (χ4v) is 4.08. The molecule has 0 amide bonds. The van der Waals surface area contributed by atoms with Gasteiger partial charge in [0, 0.05) is 32.4 Å². The zero-order chi connectivity index (χ0) is 17.2. The Morgan fingerprint density at radius 2 is 1.71 bits per heavy atom. The first-order valence-corrected chi connectivity index (χ1v) is 9.12. The third-order valence-electron chi connectivity index (χ3n) is 4.10. The molecule has 2 aromatic rings. The van der Waals surface area contributed by atoms with E-state index in [-0.39, 0.29) is 0 Å². The molecular weight excluding hydrogens is 324 g/mol. The Balaban J connectivity index is 1.70. The molecular formula is C17H18N4O2S. The molecule has 1 aromatic carbocycles. The van der Waals surface area contributed by atoms with Crippen molar-refractivity contribution in [2.24, 2.45) is 0 Å². The van der Waals surface area contributed by atoms with Crippen LogP contribution in [-0.2, 0) is 10.0 Å². The average molecular weight is 342 g/mol.